The maximum atomic E-state index is 5.65. The number of rotatable bonds is 5. The van der Waals surface area contributed by atoms with Crippen LogP contribution in [0.25, 0.3) is 0 Å². The number of benzene rings is 1. The van der Waals surface area contributed by atoms with Crippen LogP contribution in [-0.2, 0) is 11.3 Å². The van der Waals surface area contributed by atoms with Gasteiger partial charge >= 0.3 is 0 Å². The Morgan fingerprint density at radius 1 is 1.27 bits per heavy atom. The predicted octanol–water partition coefficient (Wildman–Crippen LogP) is 2.13. The minimum atomic E-state index is 0.516. The Kier molecular flexibility index (Phi) is 4.59. The van der Waals surface area contributed by atoms with Crippen molar-refractivity contribution >= 4 is 0 Å². The second kappa shape index (κ2) is 5.73. The first-order chi connectivity index (χ1) is 7.20. The van der Waals surface area contributed by atoms with Crippen LogP contribution in [-0.4, -0.2) is 13.2 Å². The summed E-state index contributed by atoms with van der Waals surface area (Å²) in [4.78, 5) is 4.59. The lowest BCUT2D eigenvalue weighted by atomic mass is 10.0. The number of aryl methyl sites for hydroxylation is 1. The molecule has 0 radical (unpaired) electrons. The van der Waals surface area contributed by atoms with Gasteiger partial charge in [0.25, 0.3) is 0 Å². The van der Waals surface area contributed by atoms with E-state index in [4.69, 9.17) is 10.6 Å². The van der Waals surface area contributed by atoms with Crippen LogP contribution in [0.4, 0.5) is 0 Å². The van der Waals surface area contributed by atoms with Crippen molar-refractivity contribution in [2.45, 2.75) is 27.2 Å². The molecule has 0 saturated carbocycles. The van der Waals surface area contributed by atoms with Crippen molar-refractivity contribution in [2.24, 2.45) is 5.90 Å². The van der Waals surface area contributed by atoms with Crippen molar-refractivity contribution in [1.29, 1.82) is 0 Å². The van der Waals surface area contributed by atoms with Crippen LogP contribution in [0.3, 0.4) is 0 Å². The summed E-state index contributed by atoms with van der Waals surface area (Å²) in [5.41, 5.74) is 3.60. The molecule has 1 aromatic rings. The lowest BCUT2D eigenvalue weighted by molar-refractivity contribution is 0.140. The largest absolute Gasteiger partial charge is 0.493 e. The number of ether oxygens (including phenoxy) is 1. The highest BCUT2D eigenvalue weighted by Crippen LogP contribution is 2.26. The van der Waals surface area contributed by atoms with Crippen LogP contribution < -0.4 is 10.6 Å². The number of hydrogen-bond donors (Lipinski definition) is 1. The molecule has 3 heteroatoms. The Morgan fingerprint density at radius 3 is 2.60 bits per heavy atom. The third kappa shape index (κ3) is 2.94. The molecule has 0 fully saturated rings. The van der Waals surface area contributed by atoms with E-state index in [0.29, 0.717) is 13.2 Å². The average molecular weight is 209 g/mol. The highest BCUT2D eigenvalue weighted by atomic mass is 16.6. The Bertz CT molecular complexity index is 324. The van der Waals surface area contributed by atoms with Crippen molar-refractivity contribution < 1.29 is 9.57 Å². The van der Waals surface area contributed by atoms with Crippen molar-refractivity contribution in [3.05, 3.63) is 28.8 Å². The molecule has 0 heterocycles. The summed E-state index contributed by atoms with van der Waals surface area (Å²) in [6.45, 7) is 7.35. The van der Waals surface area contributed by atoms with Gasteiger partial charge in [-0.2, -0.15) is 0 Å². The van der Waals surface area contributed by atoms with E-state index in [0.717, 1.165) is 17.7 Å². The van der Waals surface area contributed by atoms with Gasteiger partial charge in [-0.3, -0.25) is 0 Å². The normalized spacial score (nSPS) is 10.4. The summed E-state index contributed by atoms with van der Waals surface area (Å²) in [6, 6.07) is 4.18. The lowest BCUT2D eigenvalue weighted by Crippen LogP contribution is -2.07. The zero-order chi connectivity index (χ0) is 11.3. The third-order valence-corrected chi connectivity index (χ3v) is 2.54. The maximum Gasteiger partial charge on any atom is 0.125 e. The molecule has 0 aliphatic rings. The molecule has 3 nitrogen and oxygen atoms in total. The van der Waals surface area contributed by atoms with E-state index in [2.05, 4.69) is 30.8 Å². The molecular weight excluding hydrogens is 190 g/mol. The Balaban J connectivity index is 2.97. The average Bonchev–Trinajstić information content (AvgIpc) is 2.24. The molecule has 0 unspecified atom stereocenters. The first-order valence-corrected chi connectivity index (χ1v) is 5.24. The molecule has 84 valence electrons. The second-order valence-corrected chi connectivity index (χ2v) is 3.55. The van der Waals surface area contributed by atoms with Crippen molar-refractivity contribution in [2.75, 3.05) is 13.2 Å². The van der Waals surface area contributed by atoms with Gasteiger partial charge < -0.3 is 9.57 Å². The monoisotopic (exact) mass is 209 g/mol. The molecule has 0 aliphatic carbocycles. The highest BCUT2D eigenvalue weighted by Gasteiger charge is 2.08. The molecule has 0 aromatic heterocycles. The van der Waals surface area contributed by atoms with Crippen molar-refractivity contribution in [3.8, 4) is 5.75 Å². The first kappa shape index (κ1) is 12.0. The molecule has 0 aliphatic heterocycles. The molecule has 1 rings (SSSR count). The van der Waals surface area contributed by atoms with Crippen LogP contribution >= 0.6 is 0 Å². The van der Waals surface area contributed by atoms with Gasteiger partial charge in [0.05, 0.1) is 13.2 Å². The first-order valence-electron chi connectivity index (χ1n) is 5.24. The minimum absolute atomic E-state index is 0.516. The van der Waals surface area contributed by atoms with Gasteiger partial charge in [-0.1, -0.05) is 12.1 Å². The molecular formula is C12H19NO2. The molecule has 0 spiro atoms. The number of hydrogen-bond acceptors (Lipinski definition) is 3. The van der Waals surface area contributed by atoms with E-state index >= 15 is 0 Å². The van der Waals surface area contributed by atoms with E-state index < -0.39 is 0 Å². The van der Waals surface area contributed by atoms with Crippen LogP contribution in [0.1, 0.15) is 23.6 Å². The van der Waals surface area contributed by atoms with E-state index in [-0.39, 0.29) is 0 Å². The molecule has 0 amide bonds. The quantitative estimate of drug-likeness (QED) is 0.755. The summed E-state index contributed by atoms with van der Waals surface area (Å²) in [5.74, 6) is 6.01. The summed E-state index contributed by atoms with van der Waals surface area (Å²) in [5, 5.41) is 0. The predicted molar refractivity (Wildman–Crippen MR) is 60.9 cm³/mol. The minimum Gasteiger partial charge on any atom is -0.493 e. The van der Waals surface area contributed by atoms with Gasteiger partial charge in [-0.15, -0.1) is 0 Å². The molecule has 0 saturated heterocycles. The summed E-state index contributed by atoms with van der Waals surface area (Å²) in [7, 11) is 0. The SMILES string of the molecule is CCOc1c(CCON)ccc(C)c1C. The molecule has 1 aromatic carbocycles. The molecule has 0 atom stereocenters. The number of nitrogens with two attached hydrogens (primary N) is 1. The van der Waals surface area contributed by atoms with Crippen molar-refractivity contribution in [1.82, 2.24) is 0 Å². The fraction of sp³-hybridized carbons (Fsp3) is 0.500. The van der Waals surface area contributed by atoms with Crippen molar-refractivity contribution in [3.63, 3.8) is 0 Å². The summed E-state index contributed by atoms with van der Waals surface area (Å²) < 4.78 is 5.65. The van der Waals surface area contributed by atoms with E-state index in [1.165, 1.54) is 11.1 Å². The van der Waals surface area contributed by atoms with E-state index in [9.17, 15) is 0 Å². The van der Waals surface area contributed by atoms with Gasteiger partial charge in [-0.05, 0) is 37.5 Å². The van der Waals surface area contributed by atoms with Gasteiger partial charge in [0.15, 0.2) is 0 Å². The standard InChI is InChI=1S/C12H19NO2/c1-4-14-12-10(3)9(2)5-6-11(12)7-8-15-13/h5-6H,4,7-8,13H2,1-3H3. The van der Waals surface area contributed by atoms with Crippen LogP contribution in [0, 0.1) is 13.8 Å². The van der Waals surface area contributed by atoms with E-state index in [1.807, 2.05) is 6.92 Å². The smallest absolute Gasteiger partial charge is 0.125 e. The van der Waals surface area contributed by atoms with Crippen LogP contribution in [0.2, 0.25) is 0 Å². The van der Waals surface area contributed by atoms with Gasteiger partial charge in [0.2, 0.25) is 0 Å². The Hall–Kier alpha value is -1.06. The van der Waals surface area contributed by atoms with Crippen LogP contribution in [0.15, 0.2) is 12.1 Å². The fourth-order valence-corrected chi connectivity index (χ4v) is 1.56. The second-order valence-electron chi connectivity index (χ2n) is 3.55. The van der Waals surface area contributed by atoms with Gasteiger partial charge in [0.1, 0.15) is 5.75 Å². The van der Waals surface area contributed by atoms with Gasteiger partial charge in [-0.25, -0.2) is 5.90 Å². The fourth-order valence-electron chi connectivity index (χ4n) is 1.56. The highest BCUT2D eigenvalue weighted by molar-refractivity contribution is 5.45. The van der Waals surface area contributed by atoms with E-state index in [1.54, 1.807) is 0 Å². The maximum absolute atomic E-state index is 5.65. The van der Waals surface area contributed by atoms with Gasteiger partial charge in [0, 0.05) is 6.42 Å². The molecule has 2 N–H and O–H groups in total. The molecule has 0 bridgehead atoms. The third-order valence-electron chi connectivity index (χ3n) is 2.54. The lowest BCUT2D eigenvalue weighted by Gasteiger charge is -2.14. The summed E-state index contributed by atoms with van der Waals surface area (Å²) >= 11 is 0. The zero-order valence-electron chi connectivity index (χ0n) is 9.67. The molecule has 15 heavy (non-hydrogen) atoms. The van der Waals surface area contributed by atoms with Crippen LogP contribution in [0.5, 0.6) is 5.75 Å². The summed E-state index contributed by atoms with van der Waals surface area (Å²) in [6.07, 6.45) is 0.785. The Morgan fingerprint density at radius 2 is 2.00 bits per heavy atom. The Labute approximate surface area is 91.1 Å². The zero-order valence-corrected chi connectivity index (χ0v) is 9.67. The topological polar surface area (TPSA) is 44.5 Å².